The zero-order chi connectivity index (χ0) is 22.1. The van der Waals surface area contributed by atoms with Gasteiger partial charge in [0.1, 0.15) is 0 Å². The molecule has 0 spiro atoms. The number of fused-ring (bicyclic) bond motifs is 1. The fourth-order valence-corrected chi connectivity index (χ4v) is 3.92. The van der Waals surface area contributed by atoms with Gasteiger partial charge >= 0.3 is 0 Å². The Labute approximate surface area is 185 Å². The molecule has 0 aliphatic carbocycles. The van der Waals surface area contributed by atoms with Crippen LogP contribution < -0.4 is 10.2 Å². The van der Waals surface area contributed by atoms with E-state index in [0.717, 1.165) is 30.0 Å². The zero-order valence-corrected chi connectivity index (χ0v) is 18.0. The summed E-state index contributed by atoms with van der Waals surface area (Å²) in [6.45, 7) is 6.26. The number of anilines is 2. The molecule has 4 aromatic rings. The van der Waals surface area contributed by atoms with Crippen LogP contribution in [0.5, 0.6) is 0 Å². The largest absolute Gasteiger partial charge is 0.375 e. The minimum absolute atomic E-state index is 0.130. The molecule has 8 heteroatoms. The molecule has 0 saturated carbocycles. The molecule has 3 aromatic heterocycles. The first kappa shape index (κ1) is 20.1. The second-order valence-electron chi connectivity index (χ2n) is 7.98. The third kappa shape index (κ3) is 3.92. The smallest absolute Gasteiger partial charge is 0.259 e. The maximum Gasteiger partial charge on any atom is 0.259 e. The summed E-state index contributed by atoms with van der Waals surface area (Å²) in [7, 11) is 0. The Balaban J connectivity index is 1.45. The first-order valence-electron chi connectivity index (χ1n) is 10.6. The lowest BCUT2D eigenvalue weighted by atomic mass is 10.1. The van der Waals surface area contributed by atoms with Gasteiger partial charge in [-0.15, -0.1) is 0 Å². The number of morpholine rings is 1. The number of amides is 1. The number of hydrogen-bond acceptors (Lipinski definition) is 6. The summed E-state index contributed by atoms with van der Waals surface area (Å²) >= 11 is 0. The van der Waals surface area contributed by atoms with E-state index in [1.165, 1.54) is 5.56 Å². The van der Waals surface area contributed by atoms with Crippen molar-refractivity contribution < 1.29 is 9.53 Å². The fourth-order valence-electron chi connectivity index (χ4n) is 3.92. The van der Waals surface area contributed by atoms with Crippen LogP contribution in [-0.4, -0.2) is 51.3 Å². The van der Waals surface area contributed by atoms with E-state index in [-0.39, 0.29) is 12.0 Å². The topological polar surface area (TPSA) is 84.7 Å². The molecule has 4 heterocycles. The summed E-state index contributed by atoms with van der Waals surface area (Å²) in [6.07, 6.45) is 6.98. The van der Waals surface area contributed by atoms with Crippen molar-refractivity contribution in [3.63, 3.8) is 0 Å². The Morgan fingerprint density at radius 3 is 2.81 bits per heavy atom. The van der Waals surface area contributed by atoms with E-state index in [1.807, 2.05) is 50.4 Å². The number of nitrogens with zero attached hydrogens (tertiary/aromatic N) is 5. The van der Waals surface area contributed by atoms with Crippen LogP contribution in [0.4, 0.5) is 11.4 Å². The highest BCUT2D eigenvalue weighted by Gasteiger charge is 2.21. The highest BCUT2D eigenvalue weighted by molar-refractivity contribution is 6.09. The molecule has 0 radical (unpaired) electrons. The van der Waals surface area contributed by atoms with Crippen molar-refractivity contribution in [1.82, 2.24) is 19.6 Å². The van der Waals surface area contributed by atoms with E-state index in [0.29, 0.717) is 23.5 Å². The van der Waals surface area contributed by atoms with Crippen molar-refractivity contribution in [2.24, 2.45) is 0 Å². The molecule has 0 bridgehead atoms. The van der Waals surface area contributed by atoms with Crippen molar-refractivity contribution in [2.75, 3.05) is 29.9 Å². The van der Waals surface area contributed by atoms with Gasteiger partial charge < -0.3 is 15.0 Å². The van der Waals surface area contributed by atoms with Crippen LogP contribution in [0.15, 0.2) is 61.2 Å². The molecule has 1 saturated heterocycles. The highest BCUT2D eigenvalue weighted by Crippen LogP contribution is 2.27. The van der Waals surface area contributed by atoms with Gasteiger partial charge in [-0.1, -0.05) is 29.8 Å². The van der Waals surface area contributed by atoms with E-state index in [2.05, 4.69) is 20.3 Å². The van der Waals surface area contributed by atoms with Crippen molar-refractivity contribution >= 4 is 22.9 Å². The number of nitrogens with one attached hydrogen (secondary N) is 1. The third-order valence-electron chi connectivity index (χ3n) is 5.58. The minimum atomic E-state index is -0.256. The molecule has 8 nitrogen and oxygen atoms in total. The van der Waals surface area contributed by atoms with Crippen LogP contribution in [0.3, 0.4) is 0 Å². The van der Waals surface area contributed by atoms with Gasteiger partial charge in [-0.25, -0.2) is 9.50 Å². The van der Waals surface area contributed by atoms with Gasteiger partial charge in [-0.2, -0.15) is 5.10 Å². The summed E-state index contributed by atoms with van der Waals surface area (Å²) in [6, 6.07) is 11.7. The number of imidazole rings is 1. The lowest BCUT2D eigenvalue weighted by molar-refractivity contribution is 0.0533. The molecule has 1 aliphatic rings. The Morgan fingerprint density at radius 2 is 2.00 bits per heavy atom. The predicted octanol–water partition coefficient (Wildman–Crippen LogP) is 3.58. The van der Waals surface area contributed by atoms with Gasteiger partial charge in [0.2, 0.25) is 0 Å². The quantitative estimate of drug-likeness (QED) is 0.535. The maximum absolute atomic E-state index is 13.3. The minimum Gasteiger partial charge on any atom is -0.375 e. The molecule has 1 amide bonds. The summed E-state index contributed by atoms with van der Waals surface area (Å²) in [5.41, 5.74) is 5.46. The van der Waals surface area contributed by atoms with Crippen LogP contribution >= 0.6 is 0 Å². The number of hydrogen-bond donors (Lipinski definition) is 1. The average molecular weight is 428 g/mol. The van der Waals surface area contributed by atoms with Gasteiger partial charge in [0.15, 0.2) is 5.65 Å². The van der Waals surface area contributed by atoms with Crippen LogP contribution in [0, 0.1) is 6.92 Å². The van der Waals surface area contributed by atoms with Crippen molar-refractivity contribution in [1.29, 1.82) is 0 Å². The summed E-state index contributed by atoms with van der Waals surface area (Å²) in [5, 5.41) is 7.36. The molecule has 32 heavy (non-hydrogen) atoms. The summed E-state index contributed by atoms with van der Waals surface area (Å²) in [5.74, 6) is -0.256. The van der Waals surface area contributed by atoms with E-state index in [9.17, 15) is 4.79 Å². The Kier molecular flexibility index (Phi) is 5.28. The molecule has 1 aromatic carbocycles. The monoisotopic (exact) mass is 428 g/mol. The highest BCUT2D eigenvalue weighted by atomic mass is 16.5. The number of pyridine rings is 1. The first-order valence-corrected chi connectivity index (χ1v) is 10.6. The standard InChI is InChI=1S/C24H24N6O2/c1-16-3-5-18(6-4-16)21-15-30-23(27-21)19(7-10-26-30)24(31)28-20-13-25-9-8-22(20)29-11-12-32-17(2)14-29/h3-10,13,15,17H,11-12,14H2,1-2H3,(H,28,31). The molecule has 1 N–H and O–H groups in total. The summed E-state index contributed by atoms with van der Waals surface area (Å²) < 4.78 is 7.29. The van der Waals surface area contributed by atoms with Crippen LogP contribution in [0.25, 0.3) is 16.9 Å². The maximum atomic E-state index is 13.3. The van der Waals surface area contributed by atoms with Crippen molar-refractivity contribution in [2.45, 2.75) is 20.0 Å². The molecular formula is C24H24N6O2. The second-order valence-corrected chi connectivity index (χ2v) is 7.98. The van der Waals surface area contributed by atoms with Gasteiger partial charge in [-0.3, -0.25) is 9.78 Å². The van der Waals surface area contributed by atoms with Gasteiger partial charge in [0.25, 0.3) is 5.91 Å². The number of rotatable bonds is 4. The van der Waals surface area contributed by atoms with Gasteiger partial charge in [0, 0.05) is 31.0 Å². The SMILES string of the molecule is Cc1ccc(-c2cn3nccc(C(=O)Nc4cnccc4N4CCOC(C)C4)c3n2)cc1. The molecule has 1 aliphatic heterocycles. The normalized spacial score (nSPS) is 16.3. The Morgan fingerprint density at radius 1 is 1.16 bits per heavy atom. The van der Waals surface area contributed by atoms with Crippen LogP contribution in [-0.2, 0) is 4.74 Å². The van der Waals surface area contributed by atoms with E-state index in [4.69, 9.17) is 9.72 Å². The first-order chi connectivity index (χ1) is 15.6. The number of carbonyl (C=O) groups is 1. The molecule has 1 unspecified atom stereocenters. The fraction of sp³-hybridized carbons (Fsp3) is 0.250. The summed E-state index contributed by atoms with van der Waals surface area (Å²) in [4.78, 5) is 24.4. The molecule has 5 rings (SSSR count). The molecular weight excluding hydrogens is 404 g/mol. The van der Waals surface area contributed by atoms with Gasteiger partial charge in [-0.05, 0) is 26.0 Å². The molecule has 1 fully saturated rings. The Hall–Kier alpha value is -3.78. The third-order valence-corrected chi connectivity index (χ3v) is 5.58. The lowest BCUT2D eigenvalue weighted by Gasteiger charge is -2.33. The van der Waals surface area contributed by atoms with Crippen LogP contribution in [0.1, 0.15) is 22.8 Å². The van der Waals surface area contributed by atoms with Crippen molar-refractivity contribution in [3.05, 3.63) is 72.3 Å². The van der Waals surface area contributed by atoms with Crippen molar-refractivity contribution in [3.8, 4) is 11.3 Å². The second kappa shape index (κ2) is 8.39. The number of ether oxygens (including phenoxy) is 1. The molecule has 162 valence electrons. The Bertz CT molecular complexity index is 1270. The van der Waals surface area contributed by atoms with E-state index in [1.54, 1.807) is 29.2 Å². The number of carbonyl (C=O) groups excluding carboxylic acids is 1. The lowest BCUT2D eigenvalue weighted by Crippen LogP contribution is -2.41. The average Bonchev–Trinajstić information content (AvgIpc) is 3.24. The molecule has 1 atom stereocenters. The number of aryl methyl sites for hydroxylation is 1. The van der Waals surface area contributed by atoms with Gasteiger partial charge in [0.05, 0.1) is 47.7 Å². The number of benzene rings is 1. The van der Waals surface area contributed by atoms with E-state index >= 15 is 0 Å². The number of aromatic nitrogens is 4. The van der Waals surface area contributed by atoms with Crippen LogP contribution in [0.2, 0.25) is 0 Å². The zero-order valence-electron chi connectivity index (χ0n) is 18.0. The predicted molar refractivity (Wildman–Crippen MR) is 123 cm³/mol. The van der Waals surface area contributed by atoms with E-state index < -0.39 is 0 Å².